The Balaban J connectivity index is 1.57. The van der Waals surface area contributed by atoms with Gasteiger partial charge in [0.05, 0.1) is 17.1 Å². The summed E-state index contributed by atoms with van der Waals surface area (Å²) >= 11 is 1.54. The molecule has 0 bridgehead atoms. The van der Waals surface area contributed by atoms with E-state index in [2.05, 4.69) is 10.6 Å². The lowest BCUT2D eigenvalue weighted by Gasteiger charge is -2.25. The van der Waals surface area contributed by atoms with Crippen LogP contribution in [0.4, 0.5) is 5.69 Å². The molecule has 1 atom stereocenters. The highest BCUT2D eigenvalue weighted by atomic mass is 32.2. The zero-order valence-electron chi connectivity index (χ0n) is 15.8. The van der Waals surface area contributed by atoms with Crippen LogP contribution in [0.3, 0.4) is 0 Å². The van der Waals surface area contributed by atoms with E-state index in [-0.39, 0.29) is 29.9 Å². The Morgan fingerprint density at radius 1 is 1.41 bits per heavy atom. The number of nitrogens with one attached hydrogen (secondary N) is 2. The zero-order valence-corrected chi connectivity index (χ0v) is 17.4. The number of amides is 2. The molecule has 154 valence electrons. The Hall–Kier alpha value is -2.43. The number of carbonyl (C=O) groups excluding carboxylic acids is 2. The molecule has 0 aliphatic carbocycles. The molecule has 1 fully saturated rings. The standard InChI is InChI=1S/C19H21N3O5S2/c1-12-8-14-16(27-11-18(23)21-14)9-17(12)29(25,26)22-6-2-5-15(22)19(24)20-10-13-4-3-7-28-13/h3-4,7-9,15H,2,5-6,10-11H2,1H3,(H,20,24)(H,21,23). The van der Waals surface area contributed by atoms with Crippen LogP contribution >= 0.6 is 11.3 Å². The monoisotopic (exact) mass is 435 g/mol. The van der Waals surface area contributed by atoms with Gasteiger partial charge in [0.15, 0.2) is 6.61 Å². The van der Waals surface area contributed by atoms with Gasteiger partial charge in [-0.2, -0.15) is 4.31 Å². The first kappa shape index (κ1) is 19.9. The predicted octanol–water partition coefficient (Wildman–Crippen LogP) is 1.86. The lowest BCUT2D eigenvalue weighted by atomic mass is 10.2. The number of fused-ring (bicyclic) bond motifs is 1. The van der Waals surface area contributed by atoms with Gasteiger partial charge in [-0.3, -0.25) is 9.59 Å². The van der Waals surface area contributed by atoms with E-state index in [4.69, 9.17) is 4.74 Å². The first-order valence-corrected chi connectivity index (χ1v) is 11.6. The maximum atomic E-state index is 13.4. The van der Waals surface area contributed by atoms with Crippen molar-refractivity contribution in [2.24, 2.45) is 0 Å². The molecule has 0 saturated carbocycles. The molecule has 0 radical (unpaired) electrons. The summed E-state index contributed by atoms with van der Waals surface area (Å²) in [4.78, 5) is 25.3. The molecule has 2 amide bonds. The van der Waals surface area contributed by atoms with E-state index in [1.165, 1.54) is 21.7 Å². The molecular formula is C19H21N3O5S2. The van der Waals surface area contributed by atoms with E-state index in [0.29, 0.717) is 36.4 Å². The second-order valence-electron chi connectivity index (χ2n) is 7.02. The minimum absolute atomic E-state index is 0.0883. The number of hydrogen-bond acceptors (Lipinski definition) is 6. The summed E-state index contributed by atoms with van der Waals surface area (Å²) in [7, 11) is -3.90. The minimum atomic E-state index is -3.90. The van der Waals surface area contributed by atoms with E-state index < -0.39 is 16.1 Å². The Labute approximate surface area is 172 Å². The van der Waals surface area contributed by atoms with Gasteiger partial charge in [-0.1, -0.05) is 6.07 Å². The van der Waals surface area contributed by atoms with Crippen LogP contribution in [0.2, 0.25) is 0 Å². The number of ether oxygens (including phenoxy) is 1. The van der Waals surface area contributed by atoms with Crippen molar-refractivity contribution < 1.29 is 22.7 Å². The van der Waals surface area contributed by atoms with E-state index in [1.807, 2.05) is 17.5 Å². The predicted molar refractivity (Wildman–Crippen MR) is 108 cm³/mol. The van der Waals surface area contributed by atoms with Crippen LogP contribution in [0.1, 0.15) is 23.3 Å². The number of aryl methyl sites for hydroxylation is 1. The van der Waals surface area contributed by atoms with Crippen molar-refractivity contribution in [1.29, 1.82) is 0 Å². The fourth-order valence-corrected chi connectivity index (χ4v) is 6.14. The second-order valence-corrected chi connectivity index (χ2v) is 9.91. The molecule has 2 aromatic rings. The Kier molecular flexibility index (Phi) is 5.32. The maximum Gasteiger partial charge on any atom is 0.262 e. The molecule has 1 aromatic carbocycles. The fourth-order valence-electron chi connectivity index (χ4n) is 3.62. The van der Waals surface area contributed by atoms with Gasteiger partial charge in [0.25, 0.3) is 5.91 Å². The molecule has 1 aromatic heterocycles. The third-order valence-corrected chi connectivity index (χ3v) is 7.95. The van der Waals surface area contributed by atoms with Crippen molar-refractivity contribution in [3.63, 3.8) is 0 Å². The normalized spacial score (nSPS) is 19.3. The van der Waals surface area contributed by atoms with Gasteiger partial charge in [-0.15, -0.1) is 11.3 Å². The van der Waals surface area contributed by atoms with Crippen molar-refractivity contribution in [2.45, 2.75) is 37.2 Å². The summed E-state index contributed by atoms with van der Waals surface area (Å²) in [6.07, 6.45) is 1.10. The molecule has 3 heterocycles. The van der Waals surface area contributed by atoms with Gasteiger partial charge in [0.1, 0.15) is 11.8 Å². The van der Waals surface area contributed by atoms with Gasteiger partial charge in [-0.25, -0.2) is 8.42 Å². The molecule has 8 nitrogen and oxygen atoms in total. The number of benzene rings is 1. The van der Waals surface area contributed by atoms with Gasteiger partial charge in [0, 0.05) is 17.5 Å². The molecule has 10 heteroatoms. The highest BCUT2D eigenvalue weighted by molar-refractivity contribution is 7.89. The fraction of sp³-hybridized carbons (Fsp3) is 0.368. The molecular weight excluding hydrogens is 414 g/mol. The van der Waals surface area contributed by atoms with Crippen molar-refractivity contribution in [1.82, 2.24) is 9.62 Å². The molecule has 2 N–H and O–H groups in total. The van der Waals surface area contributed by atoms with Crippen molar-refractivity contribution >= 4 is 38.9 Å². The van der Waals surface area contributed by atoms with Gasteiger partial charge < -0.3 is 15.4 Å². The summed E-state index contributed by atoms with van der Waals surface area (Å²) in [6.45, 7) is 2.17. The van der Waals surface area contributed by atoms with Crippen LogP contribution in [0.25, 0.3) is 0 Å². The summed E-state index contributed by atoms with van der Waals surface area (Å²) < 4.78 is 33.4. The average Bonchev–Trinajstić information content (AvgIpc) is 3.37. The summed E-state index contributed by atoms with van der Waals surface area (Å²) in [5.41, 5.74) is 0.934. The zero-order chi connectivity index (χ0) is 20.6. The number of thiophene rings is 1. The number of anilines is 1. The largest absolute Gasteiger partial charge is 0.482 e. The lowest BCUT2D eigenvalue weighted by molar-refractivity contribution is -0.124. The highest BCUT2D eigenvalue weighted by Crippen LogP contribution is 2.36. The number of nitrogens with zero attached hydrogens (tertiary/aromatic N) is 1. The molecule has 1 saturated heterocycles. The number of carbonyl (C=O) groups is 2. The second kappa shape index (κ2) is 7.77. The van der Waals surface area contributed by atoms with Crippen LogP contribution in [-0.2, 0) is 26.2 Å². The third kappa shape index (κ3) is 3.87. The minimum Gasteiger partial charge on any atom is -0.482 e. The van der Waals surface area contributed by atoms with Crippen molar-refractivity contribution in [3.05, 3.63) is 40.1 Å². The first-order chi connectivity index (χ1) is 13.9. The number of hydrogen-bond donors (Lipinski definition) is 2. The van der Waals surface area contributed by atoms with Crippen LogP contribution in [0.15, 0.2) is 34.5 Å². The van der Waals surface area contributed by atoms with Crippen molar-refractivity contribution in [3.8, 4) is 5.75 Å². The third-order valence-electron chi connectivity index (χ3n) is 5.02. The van der Waals surface area contributed by atoms with Crippen LogP contribution in [0, 0.1) is 6.92 Å². The van der Waals surface area contributed by atoms with Crippen molar-refractivity contribution in [2.75, 3.05) is 18.5 Å². The lowest BCUT2D eigenvalue weighted by Crippen LogP contribution is -2.45. The van der Waals surface area contributed by atoms with E-state index >= 15 is 0 Å². The van der Waals surface area contributed by atoms with Gasteiger partial charge >= 0.3 is 0 Å². The van der Waals surface area contributed by atoms with Crippen LogP contribution < -0.4 is 15.4 Å². The van der Waals surface area contributed by atoms with Crippen LogP contribution in [-0.4, -0.2) is 43.7 Å². The highest BCUT2D eigenvalue weighted by Gasteiger charge is 2.40. The van der Waals surface area contributed by atoms with E-state index in [9.17, 15) is 18.0 Å². The molecule has 2 aliphatic heterocycles. The van der Waals surface area contributed by atoms with Gasteiger partial charge in [-0.05, 0) is 42.8 Å². The molecule has 0 spiro atoms. The number of sulfonamides is 1. The molecule has 2 aliphatic rings. The summed E-state index contributed by atoms with van der Waals surface area (Å²) in [5.74, 6) is -0.264. The number of rotatable bonds is 5. The Bertz CT molecular complexity index is 1050. The molecule has 1 unspecified atom stereocenters. The summed E-state index contributed by atoms with van der Waals surface area (Å²) in [5, 5.41) is 7.44. The average molecular weight is 436 g/mol. The Morgan fingerprint density at radius 2 is 2.24 bits per heavy atom. The smallest absolute Gasteiger partial charge is 0.262 e. The van der Waals surface area contributed by atoms with Gasteiger partial charge in [0.2, 0.25) is 15.9 Å². The van der Waals surface area contributed by atoms with E-state index in [1.54, 1.807) is 13.0 Å². The Morgan fingerprint density at radius 3 is 3.00 bits per heavy atom. The van der Waals surface area contributed by atoms with E-state index in [0.717, 1.165) is 4.88 Å². The SMILES string of the molecule is Cc1cc2c(cc1S(=O)(=O)N1CCCC1C(=O)NCc1cccs1)OCC(=O)N2. The topological polar surface area (TPSA) is 105 Å². The quantitative estimate of drug-likeness (QED) is 0.746. The maximum absolute atomic E-state index is 13.4. The molecule has 4 rings (SSSR count). The molecule has 29 heavy (non-hydrogen) atoms. The summed E-state index contributed by atoms with van der Waals surface area (Å²) in [6, 6.07) is 6.10. The van der Waals surface area contributed by atoms with Crippen LogP contribution in [0.5, 0.6) is 5.75 Å². The first-order valence-electron chi connectivity index (χ1n) is 9.25.